The van der Waals surface area contributed by atoms with Crippen molar-refractivity contribution in [1.82, 2.24) is 10.3 Å². The van der Waals surface area contributed by atoms with Gasteiger partial charge >= 0.3 is 0 Å². The Morgan fingerprint density at radius 2 is 1.48 bits per heavy atom. The van der Waals surface area contributed by atoms with Crippen molar-refractivity contribution < 1.29 is 9.90 Å². The number of carbonyl (C=O) groups excluding carboxylic acids is 1. The van der Waals surface area contributed by atoms with Crippen molar-refractivity contribution in [3.05, 3.63) is 120 Å². The Bertz CT molecular complexity index is 1400. The zero-order valence-corrected chi connectivity index (χ0v) is 16.7. The molecule has 0 saturated carbocycles. The van der Waals surface area contributed by atoms with E-state index in [2.05, 4.69) is 10.3 Å². The lowest BCUT2D eigenvalue weighted by atomic mass is 9.94. The van der Waals surface area contributed by atoms with Gasteiger partial charge in [-0.15, -0.1) is 0 Å². The summed E-state index contributed by atoms with van der Waals surface area (Å²) < 4.78 is 0. The van der Waals surface area contributed by atoms with Gasteiger partial charge < -0.3 is 10.4 Å². The summed E-state index contributed by atoms with van der Waals surface area (Å²) in [6.45, 7) is 0. The Morgan fingerprint density at radius 1 is 0.774 bits per heavy atom. The first-order chi connectivity index (χ1) is 15.2. The van der Waals surface area contributed by atoms with Gasteiger partial charge in [0.05, 0.1) is 6.04 Å². The van der Waals surface area contributed by atoms with Crippen LogP contribution in [0.25, 0.3) is 21.7 Å². The predicted octanol–water partition coefficient (Wildman–Crippen LogP) is 5.61. The predicted molar refractivity (Wildman–Crippen MR) is 123 cm³/mol. The lowest BCUT2D eigenvalue weighted by Gasteiger charge is -2.22. The van der Waals surface area contributed by atoms with E-state index in [0.717, 1.165) is 21.7 Å². The number of amides is 1. The molecule has 4 heteroatoms. The second-order valence-corrected chi connectivity index (χ2v) is 7.46. The van der Waals surface area contributed by atoms with E-state index in [1.807, 2.05) is 84.9 Å². The number of rotatable bonds is 4. The van der Waals surface area contributed by atoms with Crippen molar-refractivity contribution in [3.63, 3.8) is 0 Å². The number of phenols is 1. The average molecular weight is 404 g/mol. The standard InChI is InChI=1S/C27H20N2O2/c30-26-23(15-14-19-11-6-16-28-25(19)26)24(29-27(31)20-8-2-1-3-9-20)22-13-12-18-7-4-5-10-21(18)17-22/h1-17,24,30H,(H,29,31)/t24-/m0/s1. The minimum absolute atomic E-state index is 0.0737. The fourth-order valence-corrected chi connectivity index (χ4v) is 3.91. The number of hydrogen-bond donors (Lipinski definition) is 2. The largest absolute Gasteiger partial charge is 0.505 e. The Labute approximate surface area is 179 Å². The van der Waals surface area contributed by atoms with Crippen LogP contribution < -0.4 is 5.32 Å². The summed E-state index contributed by atoms with van der Waals surface area (Å²) in [6.07, 6.45) is 1.65. The maximum absolute atomic E-state index is 13.0. The van der Waals surface area contributed by atoms with E-state index in [4.69, 9.17) is 0 Å². The highest BCUT2D eigenvalue weighted by Crippen LogP contribution is 2.35. The van der Waals surface area contributed by atoms with Gasteiger partial charge in [0.1, 0.15) is 11.3 Å². The second kappa shape index (κ2) is 7.92. The third-order valence-corrected chi connectivity index (χ3v) is 5.51. The molecular weight excluding hydrogens is 384 g/mol. The number of fused-ring (bicyclic) bond motifs is 2. The van der Waals surface area contributed by atoms with Gasteiger partial charge in [-0.05, 0) is 40.6 Å². The van der Waals surface area contributed by atoms with Crippen LogP contribution in [0.2, 0.25) is 0 Å². The molecule has 4 nitrogen and oxygen atoms in total. The Kier molecular flexibility index (Phi) is 4.81. The molecule has 0 radical (unpaired) electrons. The molecule has 0 saturated heterocycles. The van der Waals surface area contributed by atoms with E-state index in [1.165, 1.54) is 0 Å². The SMILES string of the molecule is O=C(N[C@@H](c1ccc2ccccc2c1)c1ccc2cccnc2c1O)c1ccccc1. The Morgan fingerprint density at radius 3 is 2.32 bits per heavy atom. The maximum Gasteiger partial charge on any atom is 0.252 e. The van der Waals surface area contributed by atoms with Gasteiger partial charge in [-0.1, -0.05) is 72.8 Å². The summed E-state index contributed by atoms with van der Waals surface area (Å²) in [5.41, 5.74) is 2.56. The molecule has 2 N–H and O–H groups in total. The molecule has 0 aliphatic heterocycles. The molecule has 150 valence electrons. The summed E-state index contributed by atoms with van der Waals surface area (Å²) in [7, 11) is 0. The molecule has 0 unspecified atom stereocenters. The highest BCUT2D eigenvalue weighted by Gasteiger charge is 2.22. The number of hydrogen-bond acceptors (Lipinski definition) is 3. The van der Waals surface area contributed by atoms with Gasteiger partial charge in [-0.25, -0.2) is 0 Å². The normalized spacial score (nSPS) is 12.0. The number of nitrogens with zero attached hydrogens (tertiary/aromatic N) is 1. The molecule has 0 aliphatic carbocycles. The smallest absolute Gasteiger partial charge is 0.252 e. The topological polar surface area (TPSA) is 62.2 Å². The zero-order valence-electron chi connectivity index (χ0n) is 16.7. The molecule has 1 atom stereocenters. The number of aromatic nitrogens is 1. The molecule has 0 bridgehead atoms. The summed E-state index contributed by atoms with van der Waals surface area (Å²) in [4.78, 5) is 17.4. The van der Waals surface area contributed by atoms with E-state index in [-0.39, 0.29) is 11.7 Å². The van der Waals surface area contributed by atoms with Crippen molar-refractivity contribution in [2.45, 2.75) is 6.04 Å². The van der Waals surface area contributed by atoms with Crippen LogP contribution in [0.1, 0.15) is 27.5 Å². The number of phenolic OH excluding ortho intramolecular Hbond substituents is 1. The van der Waals surface area contributed by atoms with Gasteiger partial charge in [0.25, 0.3) is 5.91 Å². The molecule has 0 spiro atoms. The molecule has 1 heterocycles. The molecular formula is C27H20N2O2. The van der Waals surface area contributed by atoms with Crippen LogP contribution in [-0.4, -0.2) is 16.0 Å². The monoisotopic (exact) mass is 404 g/mol. The van der Waals surface area contributed by atoms with Crippen molar-refractivity contribution >= 4 is 27.6 Å². The van der Waals surface area contributed by atoms with E-state index < -0.39 is 6.04 Å². The van der Waals surface area contributed by atoms with E-state index in [1.54, 1.807) is 18.3 Å². The number of pyridine rings is 1. The zero-order chi connectivity index (χ0) is 21.2. The number of carbonyl (C=O) groups is 1. The van der Waals surface area contributed by atoms with Crippen LogP contribution in [0.3, 0.4) is 0 Å². The first-order valence-electron chi connectivity index (χ1n) is 10.1. The highest BCUT2D eigenvalue weighted by molar-refractivity contribution is 5.95. The van der Waals surface area contributed by atoms with Crippen molar-refractivity contribution in [3.8, 4) is 5.75 Å². The summed E-state index contributed by atoms with van der Waals surface area (Å²) in [6, 6.07) is 30.2. The third kappa shape index (κ3) is 3.60. The minimum atomic E-state index is -0.538. The molecule has 1 aromatic heterocycles. The highest BCUT2D eigenvalue weighted by atomic mass is 16.3. The van der Waals surface area contributed by atoms with Crippen LogP contribution in [0, 0.1) is 0 Å². The Hall–Kier alpha value is -4.18. The molecule has 1 amide bonds. The van der Waals surface area contributed by atoms with Crippen LogP contribution in [0.4, 0.5) is 0 Å². The number of aromatic hydroxyl groups is 1. The molecule has 0 fully saturated rings. The van der Waals surface area contributed by atoms with Gasteiger partial charge in [0.15, 0.2) is 0 Å². The first kappa shape index (κ1) is 18.8. The van der Waals surface area contributed by atoms with E-state index in [9.17, 15) is 9.90 Å². The first-order valence-corrected chi connectivity index (χ1v) is 10.1. The maximum atomic E-state index is 13.0. The lowest BCUT2D eigenvalue weighted by Crippen LogP contribution is -2.29. The van der Waals surface area contributed by atoms with Gasteiger partial charge in [0.2, 0.25) is 0 Å². The number of nitrogens with one attached hydrogen (secondary N) is 1. The Balaban J connectivity index is 1.65. The summed E-state index contributed by atoms with van der Waals surface area (Å²) in [5.74, 6) is -0.135. The average Bonchev–Trinajstić information content (AvgIpc) is 2.83. The fraction of sp³-hybridized carbons (Fsp3) is 0.0370. The van der Waals surface area contributed by atoms with Crippen molar-refractivity contribution in [1.29, 1.82) is 0 Å². The third-order valence-electron chi connectivity index (χ3n) is 5.51. The second-order valence-electron chi connectivity index (χ2n) is 7.46. The van der Waals surface area contributed by atoms with Gasteiger partial charge in [0, 0.05) is 22.7 Å². The lowest BCUT2D eigenvalue weighted by molar-refractivity contribution is 0.0942. The van der Waals surface area contributed by atoms with E-state index in [0.29, 0.717) is 16.6 Å². The molecule has 0 aliphatic rings. The molecule has 5 aromatic rings. The van der Waals surface area contributed by atoms with Crippen LogP contribution in [0.5, 0.6) is 5.75 Å². The minimum Gasteiger partial charge on any atom is -0.505 e. The van der Waals surface area contributed by atoms with Gasteiger partial charge in [-0.3, -0.25) is 9.78 Å². The summed E-state index contributed by atoms with van der Waals surface area (Å²) in [5, 5.41) is 17.2. The van der Waals surface area contributed by atoms with Crippen molar-refractivity contribution in [2.24, 2.45) is 0 Å². The van der Waals surface area contributed by atoms with Crippen LogP contribution >= 0.6 is 0 Å². The molecule has 5 rings (SSSR count). The van der Waals surface area contributed by atoms with Gasteiger partial charge in [-0.2, -0.15) is 0 Å². The molecule has 4 aromatic carbocycles. The van der Waals surface area contributed by atoms with E-state index >= 15 is 0 Å². The summed E-state index contributed by atoms with van der Waals surface area (Å²) >= 11 is 0. The van der Waals surface area contributed by atoms with Crippen LogP contribution in [0.15, 0.2) is 103 Å². The number of benzene rings is 4. The van der Waals surface area contributed by atoms with Crippen molar-refractivity contribution in [2.75, 3.05) is 0 Å². The molecule has 31 heavy (non-hydrogen) atoms. The fourth-order valence-electron chi connectivity index (χ4n) is 3.91. The van der Waals surface area contributed by atoms with Crippen LogP contribution in [-0.2, 0) is 0 Å². The quantitative estimate of drug-likeness (QED) is 0.409.